The molecular formula is C34H41ClN6O4. The number of ether oxygens (including phenoxy) is 1. The second kappa shape index (κ2) is 12.2. The number of amides is 1. The summed E-state index contributed by atoms with van der Waals surface area (Å²) in [6.07, 6.45) is 4.62. The maximum Gasteiger partial charge on any atom is 0.407 e. The van der Waals surface area contributed by atoms with Crippen molar-refractivity contribution in [2.75, 3.05) is 13.1 Å². The van der Waals surface area contributed by atoms with Crippen LogP contribution in [0.15, 0.2) is 53.6 Å². The van der Waals surface area contributed by atoms with Crippen LogP contribution in [0.2, 0.25) is 5.02 Å². The van der Waals surface area contributed by atoms with Gasteiger partial charge >= 0.3 is 6.09 Å². The Morgan fingerprint density at radius 1 is 1.11 bits per heavy atom. The second-order valence-corrected chi connectivity index (χ2v) is 13.9. The molecule has 0 bridgehead atoms. The maximum atomic E-state index is 13.5. The van der Waals surface area contributed by atoms with Crippen LogP contribution in [0, 0.1) is 0 Å². The summed E-state index contributed by atoms with van der Waals surface area (Å²) >= 11 is 6.60. The summed E-state index contributed by atoms with van der Waals surface area (Å²) in [6, 6.07) is 14.1. The number of hydrogen-bond donors (Lipinski definition) is 2. The van der Waals surface area contributed by atoms with Crippen molar-refractivity contribution in [2.24, 2.45) is 7.05 Å². The zero-order valence-electron chi connectivity index (χ0n) is 26.3. The first-order valence-corrected chi connectivity index (χ1v) is 16.0. The molecule has 2 aliphatic rings. The lowest BCUT2D eigenvalue weighted by molar-refractivity contribution is -0.0364. The third-order valence-corrected chi connectivity index (χ3v) is 9.00. The van der Waals surface area contributed by atoms with Gasteiger partial charge in [0, 0.05) is 43.8 Å². The van der Waals surface area contributed by atoms with Crippen LogP contribution < -0.4 is 10.9 Å². The summed E-state index contributed by atoms with van der Waals surface area (Å²) in [5.41, 5.74) is 3.81. The molecule has 6 rings (SSSR count). The minimum Gasteiger partial charge on any atom is -0.444 e. The Morgan fingerprint density at radius 2 is 1.82 bits per heavy atom. The van der Waals surface area contributed by atoms with Crippen molar-refractivity contribution in [3.05, 3.63) is 80.9 Å². The highest BCUT2D eigenvalue weighted by atomic mass is 35.5. The molecule has 0 unspecified atom stereocenters. The van der Waals surface area contributed by atoms with Gasteiger partial charge in [0.1, 0.15) is 11.1 Å². The number of carbonyl (C=O) groups is 1. The van der Waals surface area contributed by atoms with Gasteiger partial charge in [0.25, 0.3) is 5.56 Å². The Hall–Kier alpha value is -3.73. The van der Waals surface area contributed by atoms with Crippen LogP contribution in [0.5, 0.6) is 0 Å². The number of aliphatic hydroxyl groups is 1. The standard InChI is InChI=1S/C34H41ClN6O4/c1-33(2,3)45-32(43)36-18-22-5-7-24(8-6-22)30-28-29(38-39(30)4)31(42)41(21-37-28)20-34(44)13-15-40(16-14-34)19-26-12-11-25(17-27(26)35)23-9-10-23/h5-8,11-12,17,21,23,44H,9-10,13-16,18-20H2,1-4H3,(H,36,43). The fraction of sp³-hybridized carbons (Fsp3) is 0.471. The highest BCUT2D eigenvalue weighted by Crippen LogP contribution is 2.41. The molecule has 0 spiro atoms. The number of piperidine rings is 1. The Bertz CT molecular complexity index is 1760. The number of alkyl carbamates (subject to hydrolysis) is 1. The Morgan fingerprint density at radius 3 is 2.47 bits per heavy atom. The lowest BCUT2D eigenvalue weighted by Crippen LogP contribution is -2.47. The van der Waals surface area contributed by atoms with Crippen molar-refractivity contribution < 1.29 is 14.6 Å². The number of nitrogens with zero attached hydrogens (tertiary/aromatic N) is 5. The van der Waals surface area contributed by atoms with E-state index >= 15 is 0 Å². The molecule has 2 aromatic heterocycles. The van der Waals surface area contributed by atoms with Crippen molar-refractivity contribution in [2.45, 2.75) is 83.2 Å². The SMILES string of the molecule is Cn1nc2c(=O)n(CC3(O)CCN(Cc4ccc(C5CC5)cc4Cl)CC3)cnc2c1-c1ccc(CNC(=O)OC(C)(C)C)cc1. The van der Waals surface area contributed by atoms with Crippen molar-refractivity contribution in [1.82, 2.24) is 29.5 Å². The molecule has 0 radical (unpaired) electrons. The van der Waals surface area contributed by atoms with E-state index in [4.69, 9.17) is 16.3 Å². The first-order valence-electron chi connectivity index (χ1n) is 15.6. The van der Waals surface area contributed by atoms with Gasteiger partial charge in [-0.25, -0.2) is 9.78 Å². The zero-order valence-corrected chi connectivity index (χ0v) is 27.1. The second-order valence-electron chi connectivity index (χ2n) is 13.5. The van der Waals surface area contributed by atoms with Crippen LogP contribution >= 0.6 is 11.6 Å². The van der Waals surface area contributed by atoms with E-state index in [2.05, 4.69) is 38.5 Å². The molecule has 1 amide bonds. The van der Waals surface area contributed by atoms with Crippen LogP contribution in [-0.4, -0.2) is 59.7 Å². The lowest BCUT2D eigenvalue weighted by atomic mass is 9.91. The number of benzene rings is 2. The third kappa shape index (κ3) is 7.24. The van der Waals surface area contributed by atoms with Crippen molar-refractivity contribution >= 4 is 28.7 Å². The van der Waals surface area contributed by atoms with Crippen molar-refractivity contribution in [1.29, 1.82) is 0 Å². The Kier molecular flexibility index (Phi) is 8.49. The molecule has 3 heterocycles. The van der Waals surface area contributed by atoms with E-state index in [-0.39, 0.29) is 17.6 Å². The van der Waals surface area contributed by atoms with Gasteiger partial charge < -0.3 is 15.2 Å². The fourth-order valence-electron chi connectivity index (χ4n) is 6.01. The van der Waals surface area contributed by atoms with Gasteiger partial charge in [-0.1, -0.05) is 48.0 Å². The predicted molar refractivity (Wildman–Crippen MR) is 174 cm³/mol. The van der Waals surface area contributed by atoms with E-state index < -0.39 is 17.3 Å². The molecule has 11 heteroatoms. The number of carbonyl (C=O) groups excluding carboxylic acids is 1. The number of hydrogen-bond acceptors (Lipinski definition) is 7. The first-order chi connectivity index (χ1) is 21.4. The predicted octanol–water partition coefficient (Wildman–Crippen LogP) is 5.38. The molecule has 4 aromatic rings. The molecular weight excluding hydrogens is 592 g/mol. The summed E-state index contributed by atoms with van der Waals surface area (Å²) in [5.74, 6) is 0.671. The van der Waals surface area contributed by atoms with E-state index in [1.54, 1.807) is 11.7 Å². The van der Waals surface area contributed by atoms with Crippen LogP contribution in [-0.2, 0) is 31.4 Å². The summed E-state index contributed by atoms with van der Waals surface area (Å²) < 4.78 is 8.44. The van der Waals surface area contributed by atoms with Crippen molar-refractivity contribution in [3.63, 3.8) is 0 Å². The topological polar surface area (TPSA) is 115 Å². The molecule has 2 N–H and O–H groups in total. The number of aryl methyl sites for hydroxylation is 1. The van der Waals surface area contributed by atoms with Gasteiger partial charge in [-0.05, 0) is 75.1 Å². The van der Waals surface area contributed by atoms with Crippen LogP contribution in [0.4, 0.5) is 4.79 Å². The third-order valence-electron chi connectivity index (χ3n) is 8.65. The van der Waals surface area contributed by atoms with Gasteiger partial charge in [-0.15, -0.1) is 0 Å². The average Bonchev–Trinajstić information content (AvgIpc) is 3.78. The van der Waals surface area contributed by atoms with Crippen molar-refractivity contribution in [3.8, 4) is 11.3 Å². The van der Waals surface area contributed by atoms with Gasteiger partial charge in [-0.3, -0.25) is 18.9 Å². The van der Waals surface area contributed by atoms with E-state index in [9.17, 15) is 14.7 Å². The minimum atomic E-state index is -1.02. The minimum absolute atomic E-state index is 0.157. The fourth-order valence-corrected chi connectivity index (χ4v) is 6.25. The number of aromatic nitrogens is 4. The molecule has 0 atom stereocenters. The summed E-state index contributed by atoms with van der Waals surface area (Å²) in [7, 11) is 1.79. The van der Waals surface area contributed by atoms with Gasteiger partial charge in [0.05, 0.1) is 24.2 Å². The first kappa shape index (κ1) is 31.3. The molecule has 1 aliphatic carbocycles. The van der Waals surface area contributed by atoms with Crippen LogP contribution in [0.3, 0.4) is 0 Å². The highest BCUT2D eigenvalue weighted by molar-refractivity contribution is 6.31. The number of nitrogens with one attached hydrogen (secondary N) is 1. The van der Waals surface area contributed by atoms with E-state index in [1.807, 2.05) is 45.0 Å². The van der Waals surface area contributed by atoms with Gasteiger partial charge in [-0.2, -0.15) is 5.10 Å². The van der Waals surface area contributed by atoms with E-state index in [1.165, 1.54) is 29.3 Å². The number of fused-ring (bicyclic) bond motifs is 1. The molecule has 238 valence electrons. The Labute approximate surface area is 268 Å². The number of halogens is 1. The quantitative estimate of drug-likeness (QED) is 0.268. The smallest absolute Gasteiger partial charge is 0.407 e. The maximum absolute atomic E-state index is 13.5. The van der Waals surface area contributed by atoms with Crippen LogP contribution in [0.1, 0.15) is 69.1 Å². The Balaban J connectivity index is 1.10. The molecule has 1 saturated heterocycles. The molecule has 1 saturated carbocycles. The number of likely N-dealkylation sites (tertiary alicyclic amines) is 1. The lowest BCUT2D eigenvalue weighted by Gasteiger charge is -2.38. The monoisotopic (exact) mass is 632 g/mol. The average molecular weight is 633 g/mol. The number of rotatable bonds is 8. The highest BCUT2D eigenvalue weighted by Gasteiger charge is 2.34. The van der Waals surface area contributed by atoms with E-state index in [0.29, 0.717) is 43.9 Å². The molecule has 45 heavy (non-hydrogen) atoms. The summed E-state index contributed by atoms with van der Waals surface area (Å²) in [4.78, 5) is 32.5. The van der Waals surface area contributed by atoms with Gasteiger partial charge in [0.2, 0.25) is 0 Å². The normalized spacial score (nSPS) is 17.0. The molecule has 2 fully saturated rings. The molecule has 10 nitrogen and oxygen atoms in total. The van der Waals surface area contributed by atoms with E-state index in [0.717, 1.165) is 34.0 Å². The summed E-state index contributed by atoms with van der Waals surface area (Å²) in [5, 5.41) is 19.5. The summed E-state index contributed by atoms with van der Waals surface area (Å²) in [6.45, 7) is 8.10. The largest absolute Gasteiger partial charge is 0.444 e. The van der Waals surface area contributed by atoms with Gasteiger partial charge in [0.15, 0.2) is 5.52 Å². The molecule has 2 aromatic carbocycles. The zero-order chi connectivity index (χ0) is 31.9. The van der Waals surface area contributed by atoms with Crippen LogP contribution in [0.25, 0.3) is 22.3 Å². The molecule has 1 aliphatic heterocycles.